The minimum absolute atomic E-state index is 0.205. The summed E-state index contributed by atoms with van der Waals surface area (Å²) >= 11 is 0. The van der Waals surface area contributed by atoms with Crippen molar-refractivity contribution in [1.29, 1.82) is 0 Å². The van der Waals surface area contributed by atoms with Crippen LogP contribution in [0.4, 0.5) is 0 Å². The summed E-state index contributed by atoms with van der Waals surface area (Å²) in [4.78, 5) is 16.1. The number of carbonyl (C=O) groups is 1. The minimum Gasteiger partial charge on any atom is -0.502 e. The molecule has 0 amide bonds. The van der Waals surface area contributed by atoms with Gasteiger partial charge in [-0.25, -0.2) is 4.79 Å². The molecular weight excluding hydrogens is 314 g/mol. The van der Waals surface area contributed by atoms with Gasteiger partial charge in [-0.3, -0.25) is 4.98 Å². The summed E-state index contributed by atoms with van der Waals surface area (Å²) in [5, 5.41) is 11.8. The normalized spacial score (nSPS) is 11.5. The maximum absolute atomic E-state index is 11.7. The molecule has 3 aromatic rings. The Labute approximate surface area is 146 Å². The lowest BCUT2D eigenvalue weighted by Crippen LogP contribution is -2.07. The Morgan fingerprint density at radius 2 is 1.92 bits per heavy atom. The van der Waals surface area contributed by atoms with E-state index in [2.05, 4.69) is 4.98 Å². The monoisotopic (exact) mass is 333 g/mol. The van der Waals surface area contributed by atoms with Crippen molar-refractivity contribution in [2.75, 3.05) is 6.61 Å². The molecule has 0 aliphatic carbocycles. The molecule has 0 saturated carbocycles. The van der Waals surface area contributed by atoms with Gasteiger partial charge in [0.05, 0.1) is 12.3 Å². The van der Waals surface area contributed by atoms with Gasteiger partial charge in [-0.15, -0.1) is 0 Å². The molecule has 4 heteroatoms. The highest BCUT2D eigenvalue weighted by Gasteiger charge is 2.12. The van der Waals surface area contributed by atoms with E-state index < -0.39 is 11.7 Å². The molecule has 0 spiro atoms. The maximum Gasteiger partial charge on any atom is 0.373 e. The van der Waals surface area contributed by atoms with Crippen molar-refractivity contribution in [2.45, 2.75) is 13.8 Å². The first-order valence-corrected chi connectivity index (χ1v) is 8.12. The van der Waals surface area contributed by atoms with Crippen molar-refractivity contribution in [1.82, 2.24) is 4.98 Å². The quantitative estimate of drug-likeness (QED) is 0.428. The number of ether oxygens (including phenoxy) is 1. The molecule has 0 saturated heterocycles. The van der Waals surface area contributed by atoms with Gasteiger partial charge in [0.15, 0.2) is 0 Å². The van der Waals surface area contributed by atoms with Gasteiger partial charge in [0.1, 0.15) is 0 Å². The van der Waals surface area contributed by atoms with Gasteiger partial charge >= 0.3 is 5.97 Å². The number of hydrogen-bond acceptors (Lipinski definition) is 4. The number of fused-ring (bicyclic) bond motifs is 1. The predicted molar refractivity (Wildman–Crippen MR) is 99.2 cm³/mol. The van der Waals surface area contributed by atoms with Crippen LogP contribution in [0.5, 0.6) is 0 Å². The Kier molecular flexibility index (Phi) is 4.80. The summed E-state index contributed by atoms with van der Waals surface area (Å²) in [6.07, 6.45) is 3.12. The number of benzene rings is 2. The van der Waals surface area contributed by atoms with E-state index in [9.17, 15) is 9.90 Å². The lowest BCUT2D eigenvalue weighted by molar-refractivity contribution is -0.141. The fourth-order valence-corrected chi connectivity index (χ4v) is 2.73. The number of hydrogen-bond donors (Lipinski definition) is 1. The van der Waals surface area contributed by atoms with E-state index in [0.29, 0.717) is 5.69 Å². The van der Waals surface area contributed by atoms with Crippen molar-refractivity contribution in [3.8, 4) is 11.1 Å². The average molecular weight is 333 g/mol. The molecule has 3 rings (SSSR count). The molecule has 126 valence electrons. The number of carbonyl (C=O) groups excluding carboxylic acids is 1. The van der Waals surface area contributed by atoms with Gasteiger partial charge in [-0.1, -0.05) is 48.0 Å². The molecule has 4 nitrogen and oxygen atoms in total. The van der Waals surface area contributed by atoms with Crippen molar-refractivity contribution >= 4 is 22.8 Å². The van der Waals surface area contributed by atoms with Crippen molar-refractivity contribution in [3.05, 3.63) is 71.7 Å². The molecule has 25 heavy (non-hydrogen) atoms. The molecule has 1 heterocycles. The Hall–Kier alpha value is -3.14. The average Bonchev–Trinajstić information content (AvgIpc) is 2.63. The maximum atomic E-state index is 11.7. The minimum atomic E-state index is -0.753. The molecule has 1 aromatic heterocycles. The van der Waals surface area contributed by atoms with E-state index >= 15 is 0 Å². The highest BCUT2D eigenvalue weighted by atomic mass is 16.5. The van der Waals surface area contributed by atoms with Crippen LogP contribution in [0.2, 0.25) is 0 Å². The van der Waals surface area contributed by atoms with Gasteiger partial charge in [0, 0.05) is 23.2 Å². The largest absolute Gasteiger partial charge is 0.502 e. The van der Waals surface area contributed by atoms with Crippen molar-refractivity contribution < 1.29 is 14.6 Å². The summed E-state index contributed by atoms with van der Waals surface area (Å²) in [5.74, 6) is -1.21. The van der Waals surface area contributed by atoms with Crippen molar-refractivity contribution in [2.24, 2.45) is 0 Å². The lowest BCUT2D eigenvalue weighted by Gasteiger charge is -2.10. The van der Waals surface area contributed by atoms with Crippen LogP contribution in [-0.2, 0) is 9.53 Å². The zero-order valence-corrected chi connectivity index (χ0v) is 14.2. The lowest BCUT2D eigenvalue weighted by atomic mass is 9.97. The van der Waals surface area contributed by atoms with Gasteiger partial charge < -0.3 is 9.84 Å². The number of aliphatic hydroxyl groups is 1. The number of rotatable bonds is 4. The van der Waals surface area contributed by atoms with Crippen LogP contribution in [-0.4, -0.2) is 22.7 Å². The second-order valence-corrected chi connectivity index (χ2v) is 5.72. The molecular formula is C21H19NO3. The number of esters is 1. The number of aromatic nitrogens is 1. The molecule has 1 N–H and O–H groups in total. The van der Waals surface area contributed by atoms with Crippen LogP contribution in [0, 0.1) is 6.92 Å². The van der Waals surface area contributed by atoms with E-state index in [1.807, 2.05) is 55.5 Å². The molecule has 2 aromatic carbocycles. The summed E-state index contributed by atoms with van der Waals surface area (Å²) < 4.78 is 4.82. The van der Waals surface area contributed by atoms with Crippen LogP contribution in [0.3, 0.4) is 0 Å². The highest BCUT2D eigenvalue weighted by molar-refractivity contribution is 6.01. The Balaban J connectivity index is 2.18. The van der Waals surface area contributed by atoms with Crippen LogP contribution in [0.15, 0.2) is 60.5 Å². The fourth-order valence-electron chi connectivity index (χ4n) is 2.73. The third kappa shape index (κ3) is 3.53. The van der Waals surface area contributed by atoms with E-state index in [-0.39, 0.29) is 6.61 Å². The summed E-state index contributed by atoms with van der Waals surface area (Å²) in [7, 11) is 0. The number of aliphatic hydroxyl groups excluding tert-OH is 1. The zero-order valence-electron chi connectivity index (χ0n) is 14.2. The molecule has 0 atom stereocenters. The SMILES string of the molecule is CCOC(=O)/C(O)=C/c1ncc(-c2ccccc2)c2ccc(C)cc12. The molecule has 0 aliphatic rings. The highest BCUT2D eigenvalue weighted by Crippen LogP contribution is 2.31. The van der Waals surface area contributed by atoms with Crippen LogP contribution in [0.1, 0.15) is 18.2 Å². The van der Waals surface area contributed by atoms with Crippen LogP contribution >= 0.6 is 0 Å². The number of pyridine rings is 1. The molecule has 0 bridgehead atoms. The van der Waals surface area contributed by atoms with Crippen LogP contribution < -0.4 is 0 Å². The predicted octanol–water partition coefficient (Wildman–Crippen LogP) is 4.67. The first-order chi connectivity index (χ1) is 12.1. The summed E-state index contributed by atoms with van der Waals surface area (Å²) in [5.41, 5.74) is 3.67. The topological polar surface area (TPSA) is 59.4 Å². The smallest absolute Gasteiger partial charge is 0.373 e. The third-order valence-electron chi connectivity index (χ3n) is 3.92. The second kappa shape index (κ2) is 7.18. The first-order valence-electron chi connectivity index (χ1n) is 8.12. The summed E-state index contributed by atoms with van der Waals surface area (Å²) in [6, 6.07) is 16.1. The standard InChI is InChI=1S/C21H19NO3/c1-3-25-21(24)20(23)12-19-17-11-14(2)9-10-16(17)18(13-22-19)15-7-5-4-6-8-15/h4-13,23H,3H2,1-2H3/b20-12-. The van der Waals surface area contributed by atoms with Gasteiger partial charge in [-0.2, -0.15) is 0 Å². The van der Waals surface area contributed by atoms with E-state index in [4.69, 9.17) is 4.74 Å². The Morgan fingerprint density at radius 1 is 1.16 bits per heavy atom. The molecule has 0 radical (unpaired) electrons. The molecule has 0 aliphatic heterocycles. The fraction of sp³-hybridized carbons (Fsp3) is 0.143. The zero-order chi connectivity index (χ0) is 17.8. The van der Waals surface area contributed by atoms with Gasteiger partial charge in [-0.05, 0) is 30.9 Å². The third-order valence-corrected chi connectivity index (χ3v) is 3.92. The Bertz CT molecular complexity index is 946. The second-order valence-electron chi connectivity index (χ2n) is 5.72. The van der Waals surface area contributed by atoms with Crippen LogP contribution in [0.25, 0.3) is 28.0 Å². The molecule has 0 fully saturated rings. The number of aryl methyl sites for hydroxylation is 1. The first kappa shape index (κ1) is 16.7. The van der Waals surface area contributed by atoms with Gasteiger partial charge in [0.25, 0.3) is 0 Å². The van der Waals surface area contributed by atoms with E-state index in [0.717, 1.165) is 27.5 Å². The number of nitrogens with zero attached hydrogens (tertiary/aromatic N) is 1. The Morgan fingerprint density at radius 3 is 2.64 bits per heavy atom. The van der Waals surface area contributed by atoms with E-state index in [1.165, 1.54) is 6.08 Å². The molecule has 0 unspecified atom stereocenters. The summed E-state index contributed by atoms with van der Waals surface area (Å²) in [6.45, 7) is 3.89. The van der Waals surface area contributed by atoms with E-state index in [1.54, 1.807) is 13.1 Å². The van der Waals surface area contributed by atoms with Crippen molar-refractivity contribution in [3.63, 3.8) is 0 Å². The van der Waals surface area contributed by atoms with Gasteiger partial charge in [0.2, 0.25) is 5.76 Å².